The van der Waals surface area contributed by atoms with Crippen LogP contribution in [0.15, 0.2) is 46.0 Å². The number of hydrogen-bond donors (Lipinski definition) is 1. The summed E-state index contributed by atoms with van der Waals surface area (Å²) < 4.78 is 11.1. The Balaban J connectivity index is 1.94. The Morgan fingerprint density at radius 2 is 1.96 bits per heavy atom. The number of aromatic nitrogens is 2. The maximum Gasteiger partial charge on any atom is 0.408 e. The normalized spacial score (nSPS) is 13.1. The fourth-order valence-electron chi connectivity index (χ4n) is 2.43. The van der Waals surface area contributed by atoms with Gasteiger partial charge >= 0.3 is 6.09 Å². The molecule has 1 heterocycles. The van der Waals surface area contributed by atoms with Crippen molar-refractivity contribution < 1.29 is 13.9 Å². The van der Waals surface area contributed by atoms with Gasteiger partial charge in [-0.25, -0.2) is 4.79 Å². The zero-order valence-electron chi connectivity index (χ0n) is 17.1. The molecule has 6 nitrogen and oxygen atoms in total. The van der Waals surface area contributed by atoms with Crippen LogP contribution in [0.3, 0.4) is 0 Å². The molecule has 2 aromatic rings. The molecule has 1 N–H and O–H groups in total. The van der Waals surface area contributed by atoms with Crippen LogP contribution in [0.2, 0.25) is 0 Å². The van der Waals surface area contributed by atoms with Gasteiger partial charge in [-0.3, -0.25) is 0 Å². The van der Waals surface area contributed by atoms with Crippen LogP contribution in [0, 0.1) is 5.92 Å². The molecule has 2 rings (SSSR count). The molecule has 0 aliphatic heterocycles. The van der Waals surface area contributed by atoms with Crippen LogP contribution in [0.1, 0.15) is 58.5 Å². The molecule has 1 amide bonds. The van der Waals surface area contributed by atoms with Gasteiger partial charge in [0.05, 0.1) is 0 Å². The molecule has 0 aliphatic rings. The summed E-state index contributed by atoms with van der Waals surface area (Å²) in [6.07, 6.45) is 4.29. The van der Waals surface area contributed by atoms with Gasteiger partial charge in [-0.15, -0.1) is 10.2 Å². The summed E-state index contributed by atoms with van der Waals surface area (Å²) in [5, 5.41) is 11.5. The lowest BCUT2D eigenvalue weighted by atomic mass is 10.0. The molecule has 1 atom stereocenters. The molecule has 0 saturated carbocycles. The van der Waals surface area contributed by atoms with Crippen LogP contribution in [0.4, 0.5) is 4.79 Å². The smallest absolute Gasteiger partial charge is 0.408 e. The van der Waals surface area contributed by atoms with Crippen molar-refractivity contribution in [1.82, 2.24) is 15.5 Å². The third-order valence-corrected chi connectivity index (χ3v) is 4.30. The highest BCUT2D eigenvalue weighted by atomic mass is 32.2. The van der Waals surface area contributed by atoms with Crippen LogP contribution in [0.25, 0.3) is 6.08 Å². The molecule has 0 bridgehead atoms. The summed E-state index contributed by atoms with van der Waals surface area (Å²) in [5.74, 6) is 1.45. The van der Waals surface area contributed by atoms with E-state index in [9.17, 15) is 4.79 Å². The van der Waals surface area contributed by atoms with Gasteiger partial charge in [0.15, 0.2) is 0 Å². The Kier molecular flexibility index (Phi) is 8.11. The number of thioether (sulfide) groups is 1. The van der Waals surface area contributed by atoms with E-state index in [0.29, 0.717) is 29.2 Å². The minimum Gasteiger partial charge on any atom is -0.444 e. The summed E-state index contributed by atoms with van der Waals surface area (Å²) >= 11 is 1.45. The van der Waals surface area contributed by atoms with Crippen molar-refractivity contribution in [2.75, 3.05) is 5.75 Å². The Morgan fingerprint density at radius 3 is 2.61 bits per heavy atom. The van der Waals surface area contributed by atoms with Gasteiger partial charge in [0.25, 0.3) is 5.22 Å². The van der Waals surface area contributed by atoms with Gasteiger partial charge in [0.2, 0.25) is 5.89 Å². The van der Waals surface area contributed by atoms with E-state index in [1.165, 1.54) is 11.8 Å². The topological polar surface area (TPSA) is 77.2 Å². The molecule has 1 aromatic heterocycles. The third-order valence-electron chi connectivity index (χ3n) is 3.53. The van der Waals surface area contributed by atoms with E-state index in [2.05, 4.69) is 41.5 Å². The summed E-state index contributed by atoms with van der Waals surface area (Å²) in [4.78, 5) is 12.1. The fraction of sp³-hybridized carbons (Fsp3) is 0.476. The number of nitrogens with one attached hydrogen (secondary N) is 1. The number of nitrogens with zero attached hydrogens (tertiary/aromatic N) is 2. The minimum atomic E-state index is -0.562. The second kappa shape index (κ2) is 10.3. The highest BCUT2D eigenvalue weighted by Crippen LogP contribution is 2.24. The molecule has 0 aliphatic carbocycles. The molecule has 0 unspecified atom stereocenters. The van der Waals surface area contributed by atoms with Crippen LogP contribution in [-0.4, -0.2) is 27.6 Å². The van der Waals surface area contributed by atoms with Gasteiger partial charge in [-0.2, -0.15) is 0 Å². The van der Waals surface area contributed by atoms with Gasteiger partial charge in [0, 0.05) is 5.75 Å². The monoisotopic (exact) mass is 403 g/mol. The van der Waals surface area contributed by atoms with E-state index in [0.717, 1.165) is 5.56 Å². The predicted octanol–water partition coefficient (Wildman–Crippen LogP) is 5.49. The molecule has 0 fully saturated rings. The predicted molar refractivity (Wildman–Crippen MR) is 112 cm³/mol. The molecular formula is C21H29N3O3S. The number of rotatable bonds is 8. The van der Waals surface area contributed by atoms with Crippen molar-refractivity contribution in [2.45, 2.75) is 57.9 Å². The van der Waals surface area contributed by atoms with Crippen LogP contribution < -0.4 is 5.32 Å². The first-order valence-electron chi connectivity index (χ1n) is 9.40. The average molecular weight is 404 g/mol. The molecule has 1 aromatic carbocycles. The van der Waals surface area contributed by atoms with Crippen molar-refractivity contribution in [3.63, 3.8) is 0 Å². The minimum absolute atomic E-state index is 0.344. The summed E-state index contributed by atoms with van der Waals surface area (Å²) in [6, 6.07) is 9.71. The van der Waals surface area contributed by atoms with Gasteiger partial charge in [-0.05, 0) is 38.7 Å². The Bertz CT molecular complexity index is 767. The maximum atomic E-state index is 12.1. The molecule has 7 heteroatoms. The molecule has 152 valence electrons. The van der Waals surface area contributed by atoms with Gasteiger partial charge in [-0.1, -0.05) is 68.1 Å². The summed E-state index contributed by atoms with van der Waals surface area (Å²) in [7, 11) is 0. The van der Waals surface area contributed by atoms with E-state index in [1.807, 2.05) is 51.1 Å². The standard InChI is InChI=1S/C21H29N3O3S/c1-15(2)14-17(22-19(25)27-21(3,4)5)18-23-24-20(26-18)28-13-9-12-16-10-7-6-8-11-16/h6-12,15,17H,13-14H2,1-5H3,(H,22,25)/b12-9+/t17-/m0/s1. The van der Waals surface area contributed by atoms with Crippen LogP contribution in [-0.2, 0) is 4.74 Å². The Labute approximate surface area is 171 Å². The molecule has 0 spiro atoms. The number of hydrogen-bond acceptors (Lipinski definition) is 6. The third kappa shape index (κ3) is 8.17. The van der Waals surface area contributed by atoms with Crippen molar-refractivity contribution >= 4 is 23.9 Å². The lowest BCUT2D eigenvalue weighted by Gasteiger charge is -2.22. The number of carbonyl (C=O) groups is 1. The number of alkyl carbamates (subject to hydrolysis) is 1. The molecule has 0 radical (unpaired) electrons. The van der Waals surface area contributed by atoms with Crippen LogP contribution in [0.5, 0.6) is 0 Å². The van der Waals surface area contributed by atoms with Gasteiger partial charge in [0.1, 0.15) is 11.6 Å². The molecular weight excluding hydrogens is 374 g/mol. The molecule has 28 heavy (non-hydrogen) atoms. The van der Waals surface area contributed by atoms with Crippen molar-refractivity contribution in [1.29, 1.82) is 0 Å². The highest BCUT2D eigenvalue weighted by molar-refractivity contribution is 7.99. The fourth-order valence-corrected chi connectivity index (χ4v) is 3.01. The van der Waals surface area contributed by atoms with Crippen molar-refractivity contribution in [3.8, 4) is 0 Å². The SMILES string of the molecule is CC(C)C[C@H](NC(=O)OC(C)(C)C)c1nnc(SC/C=C/c2ccccc2)o1. The lowest BCUT2D eigenvalue weighted by Crippen LogP contribution is -2.35. The number of carbonyl (C=O) groups excluding carboxylic acids is 1. The first kappa shape index (κ1) is 22.0. The van der Waals surface area contributed by atoms with E-state index in [4.69, 9.17) is 9.15 Å². The zero-order valence-corrected chi connectivity index (χ0v) is 18.0. The zero-order chi connectivity index (χ0) is 20.6. The molecule has 0 saturated heterocycles. The number of ether oxygens (including phenoxy) is 1. The first-order valence-corrected chi connectivity index (χ1v) is 10.4. The second-order valence-corrected chi connectivity index (χ2v) is 8.83. The second-order valence-electron chi connectivity index (χ2n) is 7.86. The van der Waals surface area contributed by atoms with E-state index < -0.39 is 11.7 Å². The quantitative estimate of drug-likeness (QED) is 0.588. The lowest BCUT2D eigenvalue weighted by molar-refractivity contribution is 0.0487. The largest absolute Gasteiger partial charge is 0.444 e. The highest BCUT2D eigenvalue weighted by Gasteiger charge is 2.25. The van der Waals surface area contributed by atoms with E-state index in [1.54, 1.807) is 0 Å². The van der Waals surface area contributed by atoms with E-state index in [-0.39, 0.29) is 6.04 Å². The average Bonchev–Trinajstić information content (AvgIpc) is 3.06. The maximum absolute atomic E-state index is 12.1. The van der Waals surface area contributed by atoms with Gasteiger partial charge < -0.3 is 14.5 Å². The van der Waals surface area contributed by atoms with Crippen molar-refractivity contribution in [2.24, 2.45) is 5.92 Å². The van der Waals surface area contributed by atoms with Crippen LogP contribution >= 0.6 is 11.8 Å². The number of amides is 1. The summed E-state index contributed by atoms with van der Waals surface area (Å²) in [5.41, 5.74) is 0.584. The Morgan fingerprint density at radius 1 is 1.25 bits per heavy atom. The number of benzene rings is 1. The van der Waals surface area contributed by atoms with E-state index >= 15 is 0 Å². The summed E-state index contributed by atoms with van der Waals surface area (Å²) in [6.45, 7) is 9.63. The Hall–Kier alpha value is -2.28. The first-order chi connectivity index (χ1) is 13.2. The van der Waals surface area contributed by atoms with Crippen molar-refractivity contribution in [3.05, 3.63) is 47.9 Å².